The third kappa shape index (κ3) is 4.69. The second-order valence-corrected chi connectivity index (χ2v) is 5.61. The molecule has 0 fully saturated rings. The Bertz CT molecular complexity index is 410. The molecule has 1 amide bonds. The molecule has 1 heterocycles. The molecule has 0 saturated carbocycles. The first kappa shape index (κ1) is 15.7. The van der Waals surface area contributed by atoms with E-state index in [-0.39, 0.29) is 11.9 Å². The fourth-order valence-corrected chi connectivity index (χ4v) is 2.15. The van der Waals surface area contributed by atoms with E-state index in [9.17, 15) is 4.79 Å². The number of aromatic nitrogens is 1. The van der Waals surface area contributed by atoms with Crippen LogP contribution in [0.2, 0.25) is 0 Å². The summed E-state index contributed by atoms with van der Waals surface area (Å²) in [5.41, 5.74) is 1.35. The molecule has 108 valence electrons. The zero-order chi connectivity index (χ0) is 14.4. The predicted molar refractivity (Wildman–Crippen MR) is 76.2 cm³/mol. The summed E-state index contributed by atoms with van der Waals surface area (Å²) in [5, 5.41) is 6.94. The van der Waals surface area contributed by atoms with Gasteiger partial charge in [-0.25, -0.2) is 0 Å². The van der Waals surface area contributed by atoms with E-state index in [1.807, 2.05) is 13.8 Å². The van der Waals surface area contributed by atoms with E-state index in [1.54, 1.807) is 6.92 Å². The van der Waals surface area contributed by atoms with Crippen LogP contribution >= 0.6 is 0 Å². The van der Waals surface area contributed by atoms with Crippen LogP contribution in [0.25, 0.3) is 0 Å². The smallest absolute Gasteiger partial charge is 0.257 e. The molecule has 1 aromatic rings. The van der Waals surface area contributed by atoms with Gasteiger partial charge in [-0.2, -0.15) is 0 Å². The maximum absolute atomic E-state index is 12.2. The summed E-state index contributed by atoms with van der Waals surface area (Å²) >= 11 is 0. The standard InChI is InChI=1S/C15H26N2O2/c1-6-13-14(12(5)19-17-13)15(18)16-11(4)9-7-8-10(2)3/h10-11H,6-9H2,1-5H3,(H,16,18). The molecule has 0 aliphatic carbocycles. The van der Waals surface area contributed by atoms with Crippen molar-refractivity contribution in [3.8, 4) is 0 Å². The van der Waals surface area contributed by atoms with Gasteiger partial charge >= 0.3 is 0 Å². The quantitative estimate of drug-likeness (QED) is 0.822. The van der Waals surface area contributed by atoms with Gasteiger partial charge < -0.3 is 9.84 Å². The molecule has 19 heavy (non-hydrogen) atoms. The summed E-state index contributed by atoms with van der Waals surface area (Å²) < 4.78 is 5.09. The molecule has 4 nitrogen and oxygen atoms in total. The van der Waals surface area contributed by atoms with Crippen LogP contribution in [0.15, 0.2) is 4.52 Å². The lowest BCUT2D eigenvalue weighted by atomic mass is 10.0. The third-order valence-electron chi connectivity index (χ3n) is 3.29. The van der Waals surface area contributed by atoms with Crippen LogP contribution in [0, 0.1) is 12.8 Å². The van der Waals surface area contributed by atoms with Gasteiger partial charge in [0.15, 0.2) is 0 Å². The van der Waals surface area contributed by atoms with Gasteiger partial charge in [0.2, 0.25) is 0 Å². The molecule has 1 rings (SSSR count). The average molecular weight is 266 g/mol. The third-order valence-corrected chi connectivity index (χ3v) is 3.29. The number of hydrogen-bond donors (Lipinski definition) is 1. The average Bonchev–Trinajstić information content (AvgIpc) is 2.69. The first-order chi connectivity index (χ1) is 8.95. The molecular formula is C15H26N2O2. The van der Waals surface area contributed by atoms with Crippen molar-refractivity contribution in [3.63, 3.8) is 0 Å². The van der Waals surface area contributed by atoms with Gasteiger partial charge in [0, 0.05) is 6.04 Å². The Kier molecular flexibility index (Phi) is 6.06. The summed E-state index contributed by atoms with van der Waals surface area (Å²) in [5.74, 6) is 1.26. The lowest BCUT2D eigenvalue weighted by molar-refractivity contribution is 0.0935. The Balaban J connectivity index is 2.52. The normalized spacial score (nSPS) is 12.7. The largest absolute Gasteiger partial charge is 0.361 e. The zero-order valence-corrected chi connectivity index (χ0v) is 12.7. The molecule has 1 aromatic heterocycles. The minimum absolute atomic E-state index is 0.0624. The van der Waals surface area contributed by atoms with Crippen LogP contribution in [-0.2, 0) is 6.42 Å². The topological polar surface area (TPSA) is 55.1 Å². The van der Waals surface area contributed by atoms with Crippen molar-refractivity contribution in [2.45, 2.75) is 66.3 Å². The summed E-state index contributed by atoms with van der Waals surface area (Å²) in [7, 11) is 0. The van der Waals surface area contributed by atoms with Gasteiger partial charge in [-0.05, 0) is 32.6 Å². The Hall–Kier alpha value is -1.32. The first-order valence-corrected chi connectivity index (χ1v) is 7.21. The second kappa shape index (κ2) is 7.31. The fourth-order valence-electron chi connectivity index (χ4n) is 2.15. The van der Waals surface area contributed by atoms with Crippen molar-refractivity contribution in [1.82, 2.24) is 10.5 Å². The van der Waals surface area contributed by atoms with Gasteiger partial charge in [-0.3, -0.25) is 4.79 Å². The predicted octanol–water partition coefficient (Wildman–Crippen LogP) is 3.49. The van der Waals surface area contributed by atoms with Crippen molar-refractivity contribution < 1.29 is 9.32 Å². The van der Waals surface area contributed by atoms with Gasteiger partial charge in [0.25, 0.3) is 5.91 Å². The molecule has 0 radical (unpaired) electrons. The number of carbonyl (C=O) groups excluding carboxylic acids is 1. The highest BCUT2D eigenvalue weighted by Crippen LogP contribution is 2.15. The maximum Gasteiger partial charge on any atom is 0.257 e. The van der Waals surface area contributed by atoms with Crippen molar-refractivity contribution in [1.29, 1.82) is 0 Å². The van der Waals surface area contributed by atoms with Crippen LogP contribution in [0.4, 0.5) is 0 Å². The Labute approximate surface area is 115 Å². The molecule has 4 heteroatoms. The molecule has 1 atom stereocenters. The van der Waals surface area contributed by atoms with Crippen LogP contribution in [0.1, 0.15) is 68.8 Å². The van der Waals surface area contributed by atoms with E-state index in [0.29, 0.717) is 17.7 Å². The minimum atomic E-state index is -0.0624. The molecular weight excluding hydrogens is 240 g/mol. The van der Waals surface area contributed by atoms with Crippen LogP contribution < -0.4 is 5.32 Å². The summed E-state index contributed by atoms with van der Waals surface area (Å²) in [6.45, 7) is 10.2. The molecule has 0 bridgehead atoms. The van der Waals surface area contributed by atoms with Crippen molar-refractivity contribution in [3.05, 3.63) is 17.0 Å². The molecule has 0 saturated heterocycles. The van der Waals surface area contributed by atoms with Gasteiger partial charge in [-0.1, -0.05) is 38.8 Å². The molecule has 0 aliphatic rings. The van der Waals surface area contributed by atoms with E-state index in [4.69, 9.17) is 4.52 Å². The number of nitrogens with zero attached hydrogens (tertiary/aromatic N) is 1. The fraction of sp³-hybridized carbons (Fsp3) is 0.733. The Morgan fingerprint density at radius 3 is 2.58 bits per heavy atom. The Morgan fingerprint density at radius 1 is 1.32 bits per heavy atom. The minimum Gasteiger partial charge on any atom is -0.361 e. The highest BCUT2D eigenvalue weighted by atomic mass is 16.5. The van der Waals surface area contributed by atoms with Gasteiger partial charge in [0.05, 0.1) is 5.69 Å². The maximum atomic E-state index is 12.2. The first-order valence-electron chi connectivity index (χ1n) is 7.21. The number of rotatable bonds is 7. The number of hydrogen-bond acceptors (Lipinski definition) is 3. The lowest BCUT2D eigenvalue weighted by Gasteiger charge is -2.14. The second-order valence-electron chi connectivity index (χ2n) is 5.61. The zero-order valence-electron chi connectivity index (χ0n) is 12.7. The van der Waals surface area contributed by atoms with E-state index in [0.717, 1.165) is 24.5 Å². The number of amides is 1. The summed E-state index contributed by atoms with van der Waals surface area (Å²) in [4.78, 5) is 12.2. The van der Waals surface area contributed by atoms with Crippen LogP contribution in [0.3, 0.4) is 0 Å². The highest BCUT2D eigenvalue weighted by molar-refractivity contribution is 5.96. The monoisotopic (exact) mass is 266 g/mol. The van der Waals surface area contributed by atoms with E-state index in [1.165, 1.54) is 6.42 Å². The SMILES string of the molecule is CCc1noc(C)c1C(=O)NC(C)CCCC(C)C. The number of aryl methyl sites for hydroxylation is 2. The Morgan fingerprint density at radius 2 is 2.00 bits per heavy atom. The van der Waals surface area contributed by atoms with Gasteiger partial charge in [-0.15, -0.1) is 0 Å². The molecule has 1 unspecified atom stereocenters. The van der Waals surface area contributed by atoms with E-state index >= 15 is 0 Å². The summed E-state index contributed by atoms with van der Waals surface area (Å²) in [6.07, 6.45) is 4.06. The van der Waals surface area contributed by atoms with Crippen molar-refractivity contribution in [2.24, 2.45) is 5.92 Å². The van der Waals surface area contributed by atoms with Crippen LogP contribution in [0.5, 0.6) is 0 Å². The van der Waals surface area contributed by atoms with Crippen molar-refractivity contribution in [2.75, 3.05) is 0 Å². The molecule has 1 N–H and O–H groups in total. The van der Waals surface area contributed by atoms with E-state index in [2.05, 4.69) is 24.3 Å². The highest BCUT2D eigenvalue weighted by Gasteiger charge is 2.20. The number of carbonyl (C=O) groups is 1. The molecule has 0 aliphatic heterocycles. The van der Waals surface area contributed by atoms with Crippen LogP contribution in [-0.4, -0.2) is 17.1 Å². The van der Waals surface area contributed by atoms with Crippen molar-refractivity contribution >= 4 is 5.91 Å². The molecule has 0 aromatic carbocycles. The van der Waals surface area contributed by atoms with Gasteiger partial charge in [0.1, 0.15) is 11.3 Å². The summed E-state index contributed by atoms with van der Waals surface area (Å²) in [6, 6.07) is 0.185. The van der Waals surface area contributed by atoms with E-state index < -0.39 is 0 Å². The lowest BCUT2D eigenvalue weighted by Crippen LogP contribution is -2.33. The number of nitrogens with one attached hydrogen (secondary N) is 1. The molecule has 0 spiro atoms.